The molecular weight excluding hydrogens is 444 g/mol. The van der Waals surface area contributed by atoms with Gasteiger partial charge in [-0.15, -0.1) is 0 Å². The summed E-state index contributed by atoms with van der Waals surface area (Å²) in [5.74, 6) is -1.54. The van der Waals surface area contributed by atoms with Crippen LogP contribution in [0.5, 0.6) is 11.5 Å². The average molecular weight is 463 g/mol. The molecule has 3 aromatic rings. The molecule has 33 heavy (non-hydrogen) atoms. The van der Waals surface area contributed by atoms with E-state index in [1.165, 1.54) is 24.4 Å². The highest BCUT2D eigenvalue weighted by atomic mass is 35.5. The zero-order chi connectivity index (χ0) is 23.1. The van der Waals surface area contributed by atoms with Gasteiger partial charge in [-0.1, -0.05) is 17.7 Å². The zero-order valence-electron chi connectivity index (χ0n) is 17.4. The summed E-state index contributed by atoms with van der Waals surface area (Å²) in [4.78, 5) is 31.6. The van der Waals surface area contributed by atoms with E-state index >= 15 is 0 Å². The first-order valence-corrected chi connectivity index (χ1v) is 10.8. The van der Waals surface area contributed by atoms with E-state index in [-0.39, 0.29) is 27.8 Å². The summed E-state index contributed by atoms with van der Waals surface area (Å²) in [6.45, 7) is 0.633. The molecule has 1 saturated heterocycles. The van der Waals surface area contributed by atoms with Gasteiger partial charge in [-0.2, -0.15) is 0 Å². The van der Waals surface area contributed by atoms with E-state index in [9.17, 15) is 19.8 Å². The number of hydrogen-bond donors (Lipinski definition) is 2. The lowest BCUT2D eigenvalue weighted by molar-refractivity contribution is -0.132. The Morgan fingerprint density at radius 1 is 1.15 bits per heavy atom. The number of Topliss-reactive ketones (excluding diaryl/α,β-unsaturated/α-hetero) is 1. The van der Waals surface area contributed by atoms with Gasteiger partial charge >= 0.3 is 0 Å². The SMILES string of the molecule is O=C1C(=O)N(c2cc(Cl)ccc2O)C(c2cccnc2)/C1=C(/O)c1ccc2c(c1)CCCO2. The van der Waals surface area contributed by atoms with Gasteiger partial charge in [0.05, 0.1) is 23.9 Å². The summed E-state index contributed by atoms with van der Waals surface area (Å²) in [5, 5.41) is 22.0. The van der Waals surface area contributed by atoms with E-state index in [2.05, 4.69) is 4.98 Å². The number of aliphatic hydroxyl groups excluding tert-OH is 1. The van der Waals surface area contributed by atoms with Gasteiger partial charge in [-0.05, 0) is 66.4 Å². The number of aromatic hydroxyl groups is 1. The van der Waals surface area contributed by atoms with E-state index < -0.39 is 17.7 Å². The zero-order valence-corrected chi connectivity index (χ0v) is 18.1. The van der Waals surface area contributed by atoms with Gasteiger partial charge in [0, 0.05) is 23.0 Å². The predicted octanol–water partition coefficient (Wildman–Crippen LogP) is 4.39. The van der Waals surface area contributed by atoms with Crippen LogP contribution in [0.3, 0.4) is 0 Å². The number of ether oxygens (including phenoxy) is 1. The van der Waals surface area contributed by atoms with Gasteiger partial charge in [-0.25, -0.2) is 0 Å². The number of ketones is 1. The number of carbonyl (C=O) groups excluding carboxylic acids is 2. The molecule has 0 saturated carbocycles. The first-order valence-electron chi connectivity index (χ1n) is 10.4. The second kappa shape index (κ2) is 8.26. The number of aliphatic hydroxyl groups is 1. The molecule has 166 valence electrons. The fourth-order valence-electron chi connectivity index (χ4n) is 4.29. The summed E-state index contributed by atoms with van der Waals surface area (Å²) in [5.41, 5.74) is 1.80. The van der Waals surface area contributed by atoms with Gasteiger partial charge in [-0.3, -0.25) is 19.5 Å². The van der Waals surface area contributed by atoms with Crippen LogP contribution in [-0.2, 0) is 16.0 Å². The van der Waals surface area contributed by atoms with E-state index in [1.807, 2.05) is 0 Å². The van der Waals surface area contributed by atoms with Gasteiger partial charge in [0.25, 0.3) is 11.7 Å². The van der Waals surface area contributed by atoms with Crippen LogP contribution in [0, 0.1) is 0 Å². The largest absolute Gasteiger partial charge is 0.507 e. The van der Waals surface area contributed by atoms with Crippen molar-refractivity contribution >= 4 is 34.7 Å². The second-order valence-corrected chi connectivity index (χ2v) is 8.30. The Hall–Kier alpha value is -3.84. The van der Waals surface area contributed by atoms with Crippen LogP contribution >= 0.6 is 11.6 Å². The smallest absolute Gasteiger partial charge is 0.300 e. The second-order valence-electron chi connectivity index (χ2n) is 7.86. The Bertz CT molecular complexity index is 1310. The van der Waals surface area contributed by atoms with Crippen LogP contribution in [0.25, 0.3) is 5.76 Å². The summed E-state index contributed by atoms with van der Waals surface area (Å²) in [6, 6.07) is 11.8. The fourth-order valence-corrected chi connectivity index (χ4v) is 4.45. The molecule has 2 aliphatic rings. The van der Waals surface area contributed by atoms with Gasteiger partial charge in [0.15, 0.2) is 0 Å². The molecule has 2 aromatic carbocycles. The van der Waals surface area contributed by atoms with Crippen molar-refractivity contribution in [2.24, 2.45) is 0 Å². The molecular formula is C25H19ClN2O5. The standard InChI is InChI=1S/C25H19ClN2O5/c26-17-6-7-19(29)18(12-17)28-22(16-3-1-9-27-13-16)21(24(31)25(28)32)23(30)15-5-8-20-14(11-15)4-2-10-33-20/h1,3,5-9,11-13,22,29-30H,2,4,10H2/b23-21-. The third-order valence-electron chi connectivity index (χ3n) is 5.82. The number of rotatable bonds is 3. The van der Waals surface area contributed by atoms with Crippen molar-refractivity contribution in [2.45, 2.75) is 18.9 Å². The minimum absolute atomic E-state index is 0.0661. The number of fused-ring (bicyclic) bond motifs is 1. The van der Waals surface area contributed by atoms with Gasteiger partial charge in [0.1, 0.15) is 17.3 Å². The Labute approximate surface area is 194 Å². The third-order valence-corrected chi connectivity index (χ3v) is 6.06. The third kappa shape index (κ3) is 3.60. The van der Waals surface area contributed by atoms with Crippen molar-refractivity contribution in [3.05, 3.63) is 88.2 Å². The molecule has 2 N–H and O–H groups in total. The van der Waals surface area contributed by atoms with Crippen molar-refractivity contribution in [1.82, 2.24) is 4.98 Å². The summed E-state index contributed by atoms with van der Waals surface area (Å²) >= 11 is 6.12. The number of phenolic OH excluding ortho intramolecular Hbond substituents is 1. The van der Waals surface area contributed by atoms with Crippen LogP contribution in [0.2, 0.25) is 5.02 Å². The fraction of sp³-hybridized carbons (Fsp3) is 0.160. The summed E-state index contributed by atoms with van der Waals surface area (Å²) in [7, 11) is 0. The average Bonchev–Trinajstić information content (AvgIpc) is 3.10. The molecule has 7 nitrogen and oxygen atoms in total. The van der Waals surface area contributed by atoms with Crippen molar-refractivity contribution in [2.75, 3.05) is 11.5 Å². The van der Waals surface area contributed by atoms with E-state index in [4.69, 9.17) is 16.3 Å². The molecule has 8 heteroatoms. The molecule has 0 bridgehead atoms. The highest BCUT2D eigenvalue weighted by Gasteiger charge is 2.48. The number of amides is 1. The Kier molecular flexibility index (Phi) is 5.26. The lowest BCUT2D eigenvalue weighted by Gasteiger charge is -2.26. The number of carbonyl (C=O) groups is 2. The molecule has 3 heterocycles. The molecule has 0 spiro atoms. The number of phenols is 1. The number of aromatic nitrogens is 1. The molecule has 2 aliphatic heterocycles. The Balaban J connectivity index is 1.71. The van der Waals surface area contributed by atoms with Gasteiger partial charge in [0.2, 0.25) is 0 Å². The maximum Gasteiger partial charge on any atom is 0.300 e. The minimum Gasteiger partial charge on any atom is -0.507 e. The molecule has 0 aliphatic carbocycles. The number of hydrogen-bond acceptors (Lipinski definition) is 6. The minimum atomic E-state index is -1.00. The molecule has 1 unspecified atom stereocenters. The molecule has 0 radical (unpaired) electrons. The normalized spacial score (nSPS) is 19.3. The van der Waals surface area contributed by atoms with Crippen molar-refractivity contribution in [3.63, 3.8) is 0 Å². The highest BCUT2D eigenvalue weighted by Crippen LogP contribution is 2.45. The van der Waals surface area contributed by atoms with Crippen molar-refractivity contribution < 1.29 is 24.5 Å². The maximum absolute atomic E-state index is 13.2. The lowest BCUT2D eigenvalue weighted by atomic mass is 9.94. The number of benzene rings is 2. The first-order chi connectivity index (χ1) is 16.0. The topological polar surface area (TPSA) is 100.0 Å². The molecule has 1 atom stereocenters. The lowest BCUT2D eigenvalue weighted by Crippen LogP contribution is -2.29. The van der Waals surface area contributed by atoms with Crippen molar-refractivity contribution in [3.8, 4) is 11.5 Å². The monoisotopic (exact) mass is 462 g/mol. The number of halogens is 1. The maximum atomic E-state index is 13.2. The Morgan fingerprint density at radius 3 is 2.79 bits per heavy atom. The molecule has 1 aromatic heterocycles. The number of nitrogens with zero attached hydrogens (tertiary/aromatic N) is 2. The summed E-state index contributed by atoms with van der Waals surface area (Å²) in [6.07, 6.45) is 4.72. The molecule has 1 amide bonds. The number of pyridine rings is 1. The number of anilines is 1. The van der Waals surface area contributed by atoms with Crippen LogP contribution in [0.1, 0.15) is 29.2 Å². The number of aryl methyl sites for hydroxylation is 1. The van der Waals surface area contributed by atoms with Crippen LogP contribution in [-0.4, -0.2) is 33.5 Å². The highest BCUT2D eigenvalue weighted by molar-refractivity contribution is 6.52. The quantitative estimate of drug-likeness (QED) is 0.340. The van der Waals surface area contributed by atoms with Gasteiger partial charge < -0.3 is 14.9 Å². The van der Waals surface area contributed by atoms with Crippen LogP contribution < -0.4 is 9.64 Å². The predicted molar refractivity (Wildman–Crippen MR) is 122 cm³/mol. The molecule has 1 fully saturated rings. The first kappa shape index (κ1) is 21.0. The van der Waals surface area contributed by atoms with Crippen LogP contribution in [0.15, 0.2) is 66.5 Å². The van der Waals surface area contributed by atoms with Crippen molar-refractivity contribution in [1.29, 1.82) is 0 Å². The van der Waals surface area contributed by atoms with E-state index in [0.29, 0.717) is 17.7 Å². The van der Waals surface area contributed by atoms with Crippen LogP contribution in [0.4, 0.5) is 5.69 Å². The Morgan fingerprint density at radius 2 is 2.00 bits per heavy atom. The summed E-state index contributed by atoms with van der Waals surface area (Å²) < 4.78 is 5.64. The van der Waals surface area contributed by atoms with E-state index in [0.717, 1.165) is 29.1 Å². The molecule has 5 rings (SSSR count). The van der Waals surface area contributed by atoms with E-state index in [1.54, 1.807) is 36.5 Å².